The van der Waals surface area contributed by atoms with E-state index in [2.05, 4.69) is 32.6 Å². The fourth-order valence-corrected chi connectivity index (χ4v) is 2.17. The van der Waals surface area contributed by atoms with Gasteiger partial charge in [0.15, 0.2) is 0 Å². The van der Waals surface area contributed by atoms with Crippen LogP contribution in [0.4, 0.5) is 0 Å². The highest BCUT2D eigenvalue weighted by Crippen LogP contribution is 2.24. The number of rotatable bonds is 2. The Morgan fingerprint density at radius 3 is 2.93 bits per heavy atom. The number of hydrogen-bond donors (Lipinski definition) is 1. The third-order valence-corrected chi connectivity index (χ3v) is 3.81. The topological polar surface area (TPSA) is 28.7 Å². The first-order valence-corrected chi connectivity index (χ1v) is 6.06. The Bertz CT molecular complexity index is 479. The predicted octanol–water partition coefficient (Wildman–Crippen LogP) is 3.57. The molecule has 4 heteroatoms. The molecular formula is C11H10ClIN2. The molecule has 0 aliphatic heterocycles. The van der Waals surface area contributed by atoms with Crippen LogP contribution >= 0.6 is 34.2 Å². The Labute approximate surface area is 107 Å². The van der Waals surface area contributed by atoms with E-state index in [1.807, 2.05) is 31.3 Å². The molecule has 0 bridgehead atoms. The minimum atomic E-state index is 0.753. The molecule has 2 nitrogen and oxygen atoms in total. The predicted molar refractivity (Wildman–Crippen MR) is 70.3 cm³/mol. The van der Waals surface area contributed by atoms with Crippen molar-refractivity contribution in [1.82, 2.24) is 9.97 Å². The molecule has 15 heavy (non-hydrogen) atoms. The number of imidazole rings is 1. The summed E-state index contributed by atoms with van der Waals surface area (Å²) < 4.78 is 1.08. The summed E-state index contributed by atoms with van der Waals surface area (Å²) in [5.41, 5.74) is 2.18. The van der Waals surface area contributed by atoms with Crippen molar-refractivity contribution in [3.63, 3.8) is 0 Å². The molecular weight excluding hydrogens is 322 g/mol. The number of nitrogens with one attached hydrogen (secondary N) is 1. The average molecular weight is 333 g/mol. The van der Waals surface area contributed by atoms with E-state index in [1.165, 1.54) is 0 Å². The van der Waals surface area contributed by atoms with E-state index in [-0.39, 0.29) is 0 Å². The van der Waals surface area contributed by atoms with Crippen LogP contribution in [0.5, 0.6) is 0 Å². The van der Waals surface area contributed by atoms with Crippen LogP contribution in [0, 0.1) is 10.5 Å². The van der Waals surface area contributed by atoms with Crippen LogP contribution in [0.3, 0.4) is 0 Å². The SMILES string of the molecule is Cc1cnc(Cc2cccc(I)c2Cl)[nH]1. The van der Waals surface area contributed by atoms with Gasteiger partial charge in [0.2, 0.25) is 0 Å². The Kier molecular flexibility index (Phi) is 3.31. The van der Waals surface area contributed by atoms with Crippen molar-refractivity contribution < 1.29 is 0 Å². The lowest BCUT2D eigenvalue weighted by Gasteiger charge is -2.03. The Morgan fingerprint density at radius 1 is 1.47 bits per heavy atom. The van der Waals surface area contributed by atoms with Crippen LogP contribution in [0.1, 0.15) is 17.1 Å². The van der Waals surface area contributed by atoms with Crippen LogP contribution in [-0.4, -0.2) is 9.97 Å². The maximum absolute atomic E-state index is 6.20. The van der Waals surface area contributed by atoms with Crippen LogP contribution in [0.2, 0.25) is 5.02 Å². The zero-order valence-corrected chi connectivity index (χ0v) is 11.1. The first kappa shape index (κ1) is 11.0. The standard InChI is InChI=1S/C11H10ClIN2/c1-7-6-14-10(15-7)5-8-3-2-4-9(13)11(8)12/h2-4,6H,5H2,1H3,(H,14,15). The van der Waals surface area contributed by atoms with E-state index in [1.54, 1.807) is 0 Å². The van der Waals surface area contributed by atoms with Gasteiger partial charge in [-0.15, -0.1) is 0 Å². The molecule has 1 heterocycles. The van der Waals surface area contributed by atoms with Crippen molar-refractivity contribution in [3.05, 3.63) is 50.1 Å². The fourth-order valence-electron chi connectivity index (χ4n) is 1.42. The van der Waals surface area contributed by atoms with E-state index in [0.717, 1.165) is 32.1 Å². The maximum atomic E-state index is 6.20. The summed E-state index contributed by atoms with van der Waals surface area (Å²) in [6, 6.07) is 6.04. The Morgan fingerprint density at radius 2 is 2.27 bits per heavy atom. The van der Waals surface area contributed by atoms with Crippen LogP contribution in [0.15, 0.2) is 24.4 Å². The molecule has 1 aromatic heterocycles. The number of hydrogen-bond acceptors (Lipinski definition) is 1. The zero-order valence-electron chi connectivity index (χ0n) is 8.22. The summed E-state index contributed by atoms with van der Waals surface area (Å²) in [6.45, 7) is 1.99. The molecule has 0 radical (unpaired) electrons. The third kappa shape index (κ3) is 2.52. The maximum Gasteiger partial charge on any atom is 0.110 e. The van der Waals surface area contributed by atoms with Crippen LogP contribution in [-0.2, 0) is 6.42 Å². The van der Waals surface area contributed by atoms with Gasteiger partial charge in [0.25, 0.3) is 0 Å². The zero-order chi connectivity index (χ0) is 10.8. The Balaban J connectivity index is 2.28. The first-order chi connectivity index (χ1) is 7.16. The van der Waals surface area contributed by atoms with Crippen LogP contribution in [0.25, 0.3) is 0 Å². The van der Waals surface area contributed by atoms with Gasteiger partial charge in [0, 0.05) is 21.9 Å². The van der Waals surface area contributed by atoms with Gasteiger partial charge in [-0.05, 0) is 41.1 Å². The number of nitrogens with zero attached hydrogens (tertiary/aromatic N) is 1. The third-order valence-electron chi connectivity index (χ3n) is 2.14. The summed E-state index contributed by atoms with van der Waals surface area (Å²) in [6.07, 6.45) is 2.58. The highest BCUT2D eigenvalue weighted by Gasteiger charge is 2.06. The van der Waals surface area contributed by atoms with Gasteiger partial charge in [-0.1, -0.05) is 23.7 Å². The summed E-state index contributed by atoms with van der Waals surface area (Å²) in [5, 5.41) is 0.826. The molecule has 0 fully saturated rings. The van der Waals surface area contributed by atoms with Crippen molar-refractivity contribution in [1.29, 1.82) is 0 Å². The lowest BCUT2D eigenvalue weighted by molar-refractivity contribution is 1.02. The van der Waals surface area contributed by atoms with Gasteiger partial charge in [0.1, 0.15) is 5.82 Å². The normalized spacial score (nSPS) is 10.6. The second kappa shape index (κ2) is 4.53. The van der Waals surface area contributed by atoms with Crippen LogP contribution < -0.4 is 0 Å². The molecule has 0 aliphatic rings. The van der Waals surface area contributed by atoms with Gasteiger partial charge in [-0.2, -0.15) is 0 Å². The lowest BCUT2D eigenvalue weighted by Crippen LogP contribution is -1.93. The second-order valence-electron chi connectivity index (χ2n) is 3.40. The summed E-state index contributed by atoms with van der Waals surface area (Å²) >= 11 is 8.44. The van der Waals surface area contributed by atoms with Crippen molar-refractivity contribution in [2.45, 2.75) is 13.3 Å². The van der Waals surface area contributed by atoms with Gasteiger partial charge >= 0.3 is 0 Å². The number of aryl methyl sites for hydroxylation is 1. The smallest absolute Gasteiger partial charge is 0.110 e. The van der Waals surface area contributed by atoms with Crippen molar-refractivity contribution in [3.8, 4) is 0 Å². The summed E-state index contributed by atoms with van der Waals surface area (Å²) in [4.78, 5) is 7.46. The molecule has 2 rings (SSSR count). The van der Waals surface area contributed by atoms with E-state index in [0.29, 0.717) is 0 Å². The Hall–Kier alpha value is -0.550. The molecule has 0 aliphatic carbocycles. The molecule has 0 atom stereocenters. The average Bonchev–Trinajstić information content (AvgIpc) is 2.59. The van der Waals surface area contributed by atoms with Gasteiger partial charge in [-0.3, -0.25) is 0 Å². The fraction of sp³-hybridized carbons (Fsp3) is 0.182. The molecule has 1 N–H and O–H groups in total. The molecule has 0 saturated carbocycles. The van der Waals surface area contributed by atoms with Gasteiger partial charge in [-0.25, -0.2) is 4.98 Å². The first-order valence-electron chi connectivity index (χ1n) is 4.60. The van der Waals surface area contributed by atoms with Crippen molar-refractivity contribution in [2.24, 2.45) is 0 Å². The molecule has 0 unspecified atom stereocenters. The monoisotopic (exact) mass is 332 g/mol. The minimum absolute atomic E-state index is 0.753. The number of H-pyrrole nitrogens is 1. The number of benzene rings is 1. The second-order valence-corrected chi connectivity index (χ2v) is 4.94. The lowest BCUT2D eigenvalue weighted by atomic mass is 10.1. The van der Waals surface area contributed by atoms with E-state index in [9.17, 15) is 0 Å². The van der Waals surface area contributed by atoms with E-state index in [4.69, 9.17) is 11.6 Å². The summed E-state index contributed by atoms with van der Waals surface area (Å²) in [5.74, 6) is 0.955. The minimum Gasteiger partial charge on any atom is -0.346 e. The molecule has 2 aromatic rings. The molecule has 78 valence electrons. The largest absolute Gasteiger partial charge is 0.346 e. The quantitative estimate of drug-likeness (QED) is 0.837. The van der Waals surface area contributed by atoms with Gasteiger partial charge < -0.3 is 4.98 Å². The highest BCUT2D eigenvalue weighted by atomic mass is 127. The highest BCUT2D eigenvalue weighted by molar-refractivity contribution is 14.1. The van der Waals surface area contributed by atoms with E-state index < -0.39 is 0 Å². The van der Waals surface area contributed by atoms with Gasteiger partial charge in [0.05, 0.1) is 5.02 Å². The molecule has 0 spiro atoms. The molecule has 1 aromatic carbocycles. The summed E-state index contributed by atoms with van der Waals surface area (Å²) in [7, 11) is 0. The van der Waals surface area contributed by atoms with E-state index >= 15 is 0 Å². The van der Waals surface area contributed by atoms with Crippen molar-refractivity contribution in [2.75, 3.05) is 0 Å². The molecule has 0 amide bonds. The molecule has 0 saturated heterocycles. The number of aromatic amines is 1. The number of halogens is 2. The number of aromatic nitrogens is 2. The van der Waals surface area contributed by atoms with Crippen molar-refractivity contribution >= 4 is 34.2 Å².